The first-order chi connectivity index (χ1) is 12.6. The third kappa shape index (κ3) is 2.79. The van der Waals surface area contributed by atoms with E-state index in [0.29, 0.717) is 11.4 Å². The summed E-state index contributed by atoms with van der Waals surface area (Å²) in [6.45, 7) is 0. The second kappa shape index (κ2) is 6.59. The van der Waals surface area contributed by atoms with Gasteiger partial charge in [-0.2, -0.15) is 5.06 Å². The average Bonchev–Trinajstić information content (AvgIpc) is 3.11. The molecular weight excluding hydrogens is 400 g/mol. The molecule has 132 valence electrons. The van der Waals surface area contributed by atoms with Crippen LogP contribution in [0.3, 0.4) is 0 Å². The molecule has 7 heteroatoms. The zero-order valence-electron chi connectivity index (χ0n) is 13.9. The number of halogens is 1. The maximum atomic E-state index is 12.6. The molecule has 1 amide bonds. The van der Waals surface area contributed by atoms with E-state index < -0.39 is 12.1 Å². The number of hydroxylamine groups is 2. The number of fused-ring (bicyclic) bond motifs is 3. The number of nitrogens with zero attached hydrogens (tertiary/aromatic N) is 2. The SMILES string of the molecule is CON1C(=O)c2cc3ccc(Br)cc3n2C1CC(=O)Oc1ccccc1. The molecule has 6 nitrogen and oxygen atoms in total. The monoisotopic (exact) mass is 414 g/mol. The van der Waals surface area contributed by atoms with E-state index in [-0.39, 0.29) is 12.3 Å². The number of ether oxygens (including phenoxy) is 1. The molecule has 3 aromatic rings. The number of carbonyl (C=O) groups excluding carboxylic acids is 2. The summed E-state index contributed by atoms with van der Waals surface area (Å²) in [7, 11) is 1.41. The molecule has 1 aromatic heterocycles. The van der Waals surface area contributed by atoms with Gasteiger partial charge in [-0.15, -0.1) is 0 Å². The van der Waals surface area contributed by atoms with E-state index in [0.717, 1.165) is 15.4 Å². The van der Waals surface area contributed by atoms with Crippen molar-refractivity contribution in [3.05, 3.63) is 64.8 Å². The van der Waals surface area contributed by atoms with Crippen LogP contribution in [0.2, 0.25) is 0 Å². The topological polar surface area (TPSA) is 60.8 Å². The summed E-state index contributed by atoms with van der Waals surface area (Å²) in [5.74, 6) is -0.260. The molecule has 0 N–H and O–H groups in total. The van der Waals surface area contributed by atoms with Gasteiger partial charge in [-0.25, -0.2) is 0 Å². The molecule has 1 unspecified atom stereocenters. The summed E-state index contributed by atoms with van der Waals surface area (Å²) < 4.78 is 8.08. The lowest BCUT2D eigenvalue weighted by molar-refractivity contribution is -0.151. The molecule has 0 bridgehead atoms. The lowest BCUT2D eigenvalue weighted by Gasteiger charge is -2.23. The quantitative estimate of drug-likeness (QED) is 0.479. The number of rotatable bonds is 4. The second-order valence-corrected chi connectivity index (χ2v) is 6.80. The summed E-state index contributed by atoms with van der Waals surface area (Å²) >= 11 is 3.45. The van der Waals surface area contributed by atoms with Crippen molar-refractivity contribution >= 4 is 38.7 Å². The van der Waals surface area contributed by atoms with E-state index in [4.69, 9.17) is 9.57 Å². The van der Waals surface area contributed by atoms with E-state index in [1.165, 1.54) is 12.2 Å². The van der Waals surface area contributed by atoms with Gasteiger partial charge < -0.3 is 9.30 Å². The molecule has 4 rings (SSSR count). The molecule has 26 heavy (non-hydrogen) atoms. The highest BCUT2D eigenvalue weighted by atomic mass is 79.9. The first kappa shape index (κ1) is 16.8. The molecule has 0 fully saturated rings. The van der Waals surface area contributed by atoms with Gasteiger partial charge in [-0.3, -0.25) is 14.4 Å². The van der Waals surface area contributed by atoms with Gasteiger partial charge in [0.15, 0.2) is 0 Å². The minimum atomic E-state index is -0.606. The summed E-state index contributed by atoms with van der Waals surface area (Å²) in [5.41, 5.74) is 1.33. The van der Waals surface area contributed by atoms with Gasteiger partial charge in [0.05, 0.1) is 19.0 Å². The van der Waals surface area contributed by atoms with Crippen molar-refractivity contribution in [2.45, 2.75) is 12.6 Å². The molecule has 1 aliphatic rings. The first-order valence-electron chi connectivity index (χ1n) is 8.02. The largest absolute Gasteiger partial charge is 0.426 e. The van der Waals surface area contributed by atoms with Gasteiger partial charge in [0.2, 0.25) is 0 Å². The van der Waals surface area contributed by atoms with Crippen molar-refractivity contribution < 1.29 is 19.2 Å². The van der Waals surface area contributed by atoms with E-state index in [1.54, 1.807) is 30.3 Å². The zero-order chi connectivity index (χ0) is 18.3. The maximum Gasteiger partial charge on any atom is 0.315 e. The van der Waals surface area contributed by atoms with E-state index in [9.17, 15) is 9.59 Å². The van der Waals surface area contributed by atoms with E-state index in [2.05, 4.69) is 15.9 Å². The van der Waals surface area contributed by atoms with Crippen LogP contribution in [-0.4, -0.2) is 28.6 Å². The Kier molecular flexibility index (Phi) is 4.26. The summed E-state index contributed by atoms with van der Waals surface area (Å²) in [6.07, 6.45) is -0.636. The number of carbonyl (C=O) groups is 2. The Morgan fingerprint density at radius 1 is 1.15 bits per heavy atom. The highest BCUT2D eigenvalue weighted by Crippen LogP contribution is 2.36. The van der Waals surface area contributed by atoms with Gasteiger partial charge in [-0.05, 0) is 30.3 Å². The minimum Gasteiger partial charge on any atom is -0.426 e. The van der Waals surface area contributed by atoms with Crippen molar-refractivity contribution in [3.63, 3.8) is 0 Å². The lowest BCUT2D eigenvalue weighted by atomic mass is 10.2. The predicted octanol–water partition coefficient (Wildman–Crippen LogP) is 3.92. The molecule has 1 aliphatic heterocycles. The summed E-state index contributed by atoms with van der Waals surface area (Å²) in [5, 5.41) is 2.13. The number of amides is 1. The highest BCUT2D eigenvalue weighted by Gasteiger charge is 2.40. The van der Waals surface area contributed by atoms with Gasteiger partial charge in [0.25, 0.3) is 5.91 Å². The number of aromatic nitrogens is 1. The second-order valence-electron chi connectivity index (χ2n) is 5.89. The Morgan fingerprint density at radius 2 is 1.92 bits per heavy atom. The fraction of sp³-hybridized carbons (Fsp3) is 0.158. The third-order valence-electron chi connectivity index (χ3n) is 4.31. The fourth-order valence-electron chi connectivity index (χ4n) is 3.22. The number of para-hydroxylation sites is 1. The predicted molar refractivity (Wildman–Crippen MR) is 98.5 cm³/mol. The Labute approximate surface area is 158 Å². The van der Waals surface area contributed by atoms with Gasteiger partial charge in [0, 0.05) is 9.86 Å². The normalized spacial score (nSPS) is 16.2. The van der Waals surface area contributed by atoms with E-state index in [1.807, 2.05) is 28.8 Å². The van der Waals surface area contributed by atoms with Crippen LogP contribution in [0.1, 0.15) is 23.1 Å². The molecule has 0 radical (unpaired) electrons. The van der Waals surface area contributed by atoms with Crippen LogP contribution in [0.5, 0.6) is 5.75 Å². The number of hydrogen-bond donors (Lipinski definition) is 0. The molecule has 2 heterocycles. The summed E-state index contributed by atoms with van der Waals surface area (Å²) in [4.78, 5) is 30.3. The zero-order valence-corrected chi connectivity index (χ0v) is 15.5. The lowest BCUT2D eigenvalue weighted by Crippen LogP contribution is -2.31. The van der Waals surface area contributed by atoms with Gasteiger partial charge >= 0.3 is 5.97 Å². The molecular formula is C19H15BrN2O4. The van der Waals surface area contributed by atoms with Crippen LogP contribution in [0.4, 0.5) is 0 Å². The molecule has 0 spiro atoms. The van der Waals surface area contributed by atoms with Crippen LogP contribution in [0.25, 0.3) is 10.9 Å². The van der Waals surface area contributed by atoms with Crippen molar-refractivity contribution in [2.75, 3.05) is 7.11 Å². The van der Waals surface area contributed by atoms with Crippen LogP contribution in [0, 0.1) is 0 Å². The number of hydrogen-bond acceptors (Lipinski definition) is 4. The smallest absolute Gasteiger partial charge is 0.315 e. The van der Waals surface area contributed by atoms with Gasteiger partial charge in [0.1, 0.15) is 17.6 Å². The van der Waals surface area contributed by atoms with Crippen LogP contribution in [-0.2, 0) is 9.63 Å². The van der Waals surface area contributed by atoms with Crippen molar-refractivity contribution in [2.24, 2.45) is 0 Å². The van der Waals surface area contributed by atoms with Gasteiger partial charge in [-0.1, -0.05) is 40.2 Å². The fourth-order valence-corrected chi connectivity index (χ4v) is 3.57. The van der Waals surface area contributed by atoms with Crippen LogP contribution < -0.4 is 4.74 Å². The number of esters is 1. The first-order valence-corrected chi connectivity index (χ1v) is 8.81. The van der Waals surface area contributed by atoms with Crippen LogP contribution >= 0.6 is 15.9 Å². The Hall–Kier alpha value is -2.64. The van der Waals surface area contributed by atoms with Crippen molar-refractivity contribution in [3.8, 4) is 5.75 Å². The molecule has 0 saturated heterocycles. The molecule has 2 aromatic carbocycles. The minimum absolute atomic E-state index is 0.0300. The number of benzene rings is 2. The van der Waals surface area contributed by atoms with E-state index >= 15 is 0 Å². The third-order valence-corrected chi connectivity index (χ3v) is 4.81. The van der Waals surface area contributed by atoms with Crippen molar-refractivity contribution in [1.29, 1.82) is 0 Å². The molecule has 1 atom stereocenters. The highest BCUT2D eigenvalue weighted by molar-refractivity contribution is 9.10. The Morgan fingerprint density at radius 3 is 2.65 bits per heavy atom. The average molecular weight is 415 g/mol. The van der Waals surface area contributed by atoms with Crippen LogP contribution in [0.15, 0.2) is 59.1 Å². The van der Waals surface area contributed by atoms with Crippen molar-refractivity contribution in [1.82, 2.24) is 9.63 Å². The Balaban J connectivity index is 1.69. The molecule has 0 saturated carbocycles. The molecule has 0 aliphatic carbocycles. The Bertz CT molecular complexity index is 999. The standard InChI is InChI=1S/C19H15BrN2O4/c1-25-22-17(11-18(23)26-14-5-3-2-4-6-14)21-15-10-13(20)8-7-12(15)9-16(21)19(22)24/h2-10,17H,11H2,1H3. The summed E-state index contributed by atoms with van der Waals surface area (Å²) in [6, 6.07) is 16.4. The maximum absolute atomic E-state index is 12.6.